The minimum atomic E-state index is -0.306. The first-order valence-electron chi connectivity index (χ1n) is 7.50. The van der Waals surface area contributed by atoms with E-state index in [-0.39, 0.29) is 5.91 Å². The Balaban J connectivity index is 1.92. The summed E-state index contributed by atoms with van der Waals surface area (Å²) in [5.74, 6) is 0.319. The lowest BCUT2D eigenvalue weighted by molar-refractivity contribution is -0.0756. The Morgan fingerprint density at radius 2 is 1.91 bits per heavy atom. The maximum Gasteiger partial charge on any atom is 0.279 e. The minimum absolute atomic E-state index is 0.306. The van der Waals surface area contributed by atoms with Crippen molar-refractivity contribution in [2.24, 2.45) is 0 Å². The number of anilines is 1. The van der Waals surface area contributed by atoms with Crippen molar-refractivity contribution >= 4 is 11.6 Å². The Morgan fingerprint density at radius 1 is 1.17 bits per heavy atom. The van der Waals surface area contributed by atoms with Gasteiger partial charge in [0.2, 0.25) is 0 Å². The molecular weight excluding hydrogens is 292 g/mol. The number of hydroxylamine groups is 2. The smallest absolute Gasteiger partial charge is 0.279 e. The number of nitrogen functional groups attached to an aromatic ring is 1. The Bertz CT molecular complexity index is 644. The molecule has 0 fully saturated rings. The van der Waals surface area contributed by atoms with Crippen molar-refractivity contribution in [3.63, 3.8) is 0 Å². The Labute approximate surface area is 136 Å². The first kappa shape index (κ1) is 16.8. The standard InChI is InChI=1S/C18H22N2O3/c1-20(22-2)18(21)16-13-15(10-11-17(16)19)23-12-6-9-14-7-4-3-5-8-14/h3-5,7-8,10-11,13H,6,9,12,19H2,1-2H3. The molecule has 0 atom stereocenters. The van der Waals surface area contributed by atoms with Gasteiger partial charge in [-0.3, -0.25) is 9.63 Å². The molecule has 0 bridgehead atoms. The third kappa shape index (κ3) is 4.72. The number of hydrogen-bond acceptors (Lipinski definition) is 4. The predicted octanol–water partition coefficient (Wildman–Crippen LogP) is 2.91. The van der Waals surface area contributed by atoms with Crippen molar-refractivity contribution in [1.82, 2.24) is 5.06 Å². The lowest BCUT2D eigenvalue weighted by atomic mass is 10.1. The van der Waals surface area contributed by atoms with Crippen LogP contribution in [-0.2, 0) is 11.3 Å². The number of benzene rings is 2. The zero-order chi connectivity index (χ0) is 16.7. The van der Waals surface area contributed by atoms with Crippen LogP contribution in [0.1, 0.15) is 22.3 Å². The van der Waals surface area contributed by atoms with Crippen LogP contribution in [0.2, 0.25) is 0 Å². The number of aryl methyl sites for hydroxylation is 1. The van der Waals surface area contributed by atoms with Crippen LogP contribution in [0.25, 0.3) is 0 Å². The van der Waals surface area contributed by atoms with Crippen molar-refractivity contribution in [3.8, 4) is 5.75 Å². The van der Waals surface area contributed by atoms with Crippen LogP contribution in [0.3, 0.4) is 0 Å². The molecule has 2 aromatic rings. The molecule has 0 heterocycles. The maximum absolute atomic E-state index is 12.1. The van der Waals surface area contributed by atoms with Gasteiger partial charge in [-0.05, 0) is 36.6 Å². The van der Waals surface area contributed by atoms with Crippen LogP contribution in [0.5, 0.6) is 5.75 Å². The number of ether oxygens (including phenoxy) is 1. The summed E-state index contributed by atoms with van der Waals surface area (Å²) >= 11 is 0. The highest BCUT2D eigenvalue weighted by Gasteiger charge is 2.15. The van der Waals surface area contributed by atoms with E-state index in [1.54, 1.807) is 18.2 Å². The van der Waals surface area contributed by atoms with Gasteiger partial charge in [-0.15, -0.1) is 0 Å². The average molecular weight is 314 g/mol. The van der Waals surface area contributed by atoms with Gasteiger partial charge in [0, 0.05) is 12.7 Å². The molecular formula is C18H22N2O3. The first-order chi connectivity index (χ1) is 11.1. The normalized spacial score (nSPS) is 10.3. The fourth-order valence-corrected chi connectivity index (χ4v) is 2.17. The van der Waals surface area contributed by atoms with Gasteiger partial charge in [-0.25, -0.2) is 5.06 Å². The second kappa shape index (κ2) is 8.19. The third-order valence-electron chi connectivity index (χ3n) is 3.54. The number of hydrogen-bond donors (Lipinski definition) is 1. The molecule has 0 unspecified atom stereocenters. The van der Waals surface area contributed by atoms with Gasteiger partial charge in [0.15, 0.2) is 0 Å². The summed E-state index contributed by atoms with van der Waals surface area (Å²) in [5, 5.41) is 1.13. The van der Waals surface area contributed by atoms with Crippen molar-refractivity contribution in [1.29, 1.82) is 0 Å². The topological polar surface area (TPSA) is 64.8 Å². The van der Waals surface area contributed by atoms with Crippen molar-refractivity contribution in [3.05, 3.63) is 59.7 Å². The summed E-state index contributed by atoms with van der Waals surface area (Å²) in [7, 11) is 2.97. The quantitative estimate of drug-likeness (QED) is 0.485. The molecule has 0 radical (unpaired) electrons. The van der Waals surface area contributed by atoms with E-state index in [4.69, 9.17) is 15.3 Å². The van der Waals surface area contributed by atoms with Gasteiger partial charge in [-0.2, -0.15) is 0 Å². The second-order valence-corrected chi connectivity index (χ2v) is 5.17. The van der Waals surface area contributed by atoms with Crippen LogP contribution in [-0.4, -0.2) is 31.7 Å². The third-order valence-corrected chi connectivity index (χ3v) is 3.54. The van der Waals surface area contributed by atoms with Gasteiger partial charge in [0.25, 0.3) is 5.91 Å². The monoisotopic (exact) mass is 314 g/mol. The summed E-state index contributed by atoms with van der Waals surface area (Å²) in [6.45, 7) is 0.576. The van der Waals surface area contributed by atoms with Crippen LogP contribution < -0.4 is 10.5 Å². The average Bonchev–Trinajstić information content (AvgIpc) is 2.59. The number of nitrogens with two attached hydrogens (primary N) is 1. The molecule has 23 heavy (non-hydrogen) atoms. The summed E-state index contributed by atoms with van der Waals surface area (Å²) in [5.41, 5.74) is 7.91. The van der Waals surface area contributed by atoms with E-state index in [0.29, 0.717) is 23.6 Å². The Kier molecular flexibility index (Phi) is 6.00. The molecule has 0 aromatic heterocycles. The van der Waals surface area contributed by atoms with Gasteiger partial charge in [0.1, 0.15) is 5.75 Å². The predicted molar refractivity (Wildman–Crippen MR) is 90.2 cm³/mol. The molecule has 122 valence electrons. The van der Waals surface area contributed by atoms with E-state index in [1.165, 1.54) is 19.7 Å². The number of nitrogens with zero attached hydrogens (tertiary/aromatic N) is 1. The lowest BCUT2D eigenvalue weighted by Crippen LogP contribution is -2.26. The van der Waals surface area contributed by atoms with Gasteiger partial charge in [0.05, 0.1) is 19.3 Å². The SMILES string of the molecule is CON(C)C(=O)c1cc(OCCCc2ccccc2)ccc1N. The molecule has 0 spiro atoms. The zero-order valence-corrected chi connectivity index (χ0v) is 13.5. The largest absolute Gasteiger partial charge is 0.494 e. The van der Waals surface area contributed by atoms with E-state index in [9.17, 15) is 4.79 Å². The molecule has 0 aliphatic carbocycles. The summed E-state index contributed by atoms with van der Waals surface area (Å²) in [6.07, 6.45) is 1.85. The van der Waals surface area contributed by atoms with E-state index in [0.717, 1.165) is 17.9 Å². The zero-order valence-electron chi connectivity index (χ0n) is 13.5. The number of rotatable bonds is 7. The highest BCUT2D eigenvalue weighted by Crippen LogP contribution is 2.21. The van der Waals surface area contributed by atoms with Crippen molar-refractivity contribution < 1.29 is 14.4 Å². The summed E-state index contributed by atoms with van der Waals surface area (Å²) in [4.78, 5) is 17.0. The molecule has 5 nitrogen and oxygen atoms in total. The van der Waals surface area contributed by atoms with Gasteiger partial charge < -0.3 is 10.5 Å². The summed E-state index contributed by atoms with van der Waals surface area (Å²) in [6, 6.07) is 15.3. The number of amides is 1. The van der Waals surface area contributed by atoms with Crippen molar-refractivity contribution in [2.75, 3.05) is 26.5 Å². The summed E-state index contributed by atoms with van der Waals surface area (Å²) < 4.78 is 5.72. The first-order valence-corrected chi connectivity index (χ1v) is 7.50. The van der Waals surface area contributed by atoms with Crippen LogP contribution in [0, 0.1) is 0 Å². The Morgan fingerprint density at radius 3 is 2.61 bits per heavy atom. The number of carbonyl (C=O) groups excluding carboxylic acids is 1. The highest BCUT2D eigenvalue weighted by molar-refractivity contribution is 5.98. The van der Waals surface area contributed by atoms with Crippen molar-refractivity contribution in [2.45, 2.75) is 12.8 Å². The van der Waals surface area contributed by atoms with Crippen LogP contribution in [0.15, 0.2) is 48.5 Å². The molecule has 0 saturated heterocycles. The molecule has 1 amide bonds. The molecule has 5 heteroatoms. The maximum atomic E-state index is 12.1. The number of carbonyl (C=O) groups is 1. The van der Waals surface area contributed by atoms with E-state index in [1.807, 2.05) is 18.2 Å². The van der Waals surface area contributed by atoms with E-state index >= 15 is 0 Å². The highest BCUT2D eigenvalue weighted by atomic mass is 16.7. The van der Waals surface area contributed by atoms with Crippen LogP contribution >= 0.6 is 0 Å². The lowest BCUT2D eigenvalue weighted by Gasteiger charge is -2.16. The second-order valence-electron chi connectivity index (χ2n) is 5.17. The minimum Gasteiger partial charge on any atom is -0.494 e. The molecule has 2 aromatic carbocycles. The molecule has 0 aliphatic rings. The van der Waals surface area contributed by atoms with Gasteiger partial charge >= 0.3 is 0 Å². The molecule has 0 aliphatic heterocycles. The van der Waals surface area contributed by atoms with Crippen LogP contribution in [0.4, 0.5) is 5.69 Å². The molecule has 2 rings (SSSR count). The Hall–Kier alpha value is -2.53. The van der Waals surface area contributed by atoms with E-state index < -0.39 is 0 Å². The molecule has 0 saturated carbocycles. The fraction of sp³-hybridized carbons (Fsp3) is 0.278. The van der Waals surface area contributed by atoms with Gasteiger partial charge in [-0.1, -0.05) is 30.3 Å². The molecule has 2 N–H and O–H groups in total. The fourth-order valence-electron chi connectivity index (χ4n) is 2.17. The van der Waals surface area contributed by atoms with E-state index in [2.05, 4.69) is 12.1 Å².